The van der Waals surface area contributed by atoms with E-state index in [0.29, 0.717) is 32.4 Å². The van der Waals surface area contributed by atoms with E-state index in [4.69, 9.17) is 4.74 Å². The average Bonchev–Trinajstić information content (AvgIpc) is 2.83. The number of hydrogen-bond donors (Lipinski definition) is 0. The normalized spacial score (nSPS) is 16.4. The molecular formula is C13H18N2O3S. The monoisotopic (exact) mass is 282 g/mol. The van der Waals surface area contributed by atoms with Gasteiger partial charge >= 0.3 is 5.97 Å². The van der Waals surface area contributed by atoms with E-state index in [9.17, 15) is 9.59 Å². The van der Waals surface area contributed by atoms with E-state index < -0.39 is 0 Å². The number of carbonyl (C=O) groups excluding carboxylic acids is 2. The molecule has 0 aromatic carbocycles. The Hall–Kier alpha value is -1.43. The first kappa shape index (κ1) is 14.0. The molecule has 1 aromatic rings. The van der Waals surface area contributed by atoms with E-state index in [0.717, 1.165) is 10.7 Å². The van der Waals surface area contributed by atoms with Gasteiger partial charge in [-0.05, 0) is 19.8 Å². The highest BCUT2D eigenvalue weighted by molar-refractivity contribution is 7.09. The zero-order chi connectivity index (χ0) is 13.8. The molecule has 5 nitrogen and oxygen atoms in total. The Kier molecular flexibility index (Phi) is 4.52. The first-order valence-electron chi connectivity index (χ1n) is 6.36. The molecule has 1 aromatic heterocycles. The van der Waals surface area contributed by atoms with Crippen LogP contribution in [0.25, 0.3) is 0 Å². The van der Waals surface area contributed by atoms with Gasteiger partial charge in [-0.1, -0.05) is 0 Å². The van der Waals surface area contributed by atoms with Crippen molar-refractivity contribution in [2.45, 2.75) is 26.2 Å². The van der Waals surface area contributed by atoms with Gasteiger partial charge in [-0.25, -0.2) is 4.98 Å². The lowest BCUT2D eigenvalue weighted by atomic mass is 9.97. The van der Waals surface area contributed by atoms with Gasteiger partial charge in [-0.2, -0.15) is 0 Å². The number of methoxy groups -OCH3 is 1. The molecule has 0 atom stereocenters. The van der Waals surface area contributed by atoms with Gasteiger partial charge in [0.2, 0.25) is 5.91 Å². The molecule has 0 radical (unpaired) electrons. The Morgan fingerprint density at radius 1 is 1.47 bits per heavy atom. The number of ether oxygens (including phenoxy) is 1. The van der Waals surface area contributed by atoms with Gasteiger partial charge in [0.15, 0.2) is 0 Å². The fraction of sp³-hybridized carbons (Fsp3) is 0.615. The molecule has 2 rings (SSSR count). The van der Waals surface area contributed by atoms with Gasteiger partial charge in [-0.15, -0.1) is 11.3 Å². The van der Waals surface area contributed by atoms with Gasteiger partial charge < -0.3 is 9.64 Å². The molecule has 1 aliphatic rings. The number of thiazole rings is 1. The minimum Gasteiger partial charge on any atom is -0.469 e. The number of aryl methyl sites for hydroxylation is 1. The van der Waals surface area contributed by atoms with Crippen molar-refractivity contribution in [1.82, 2.24) is 9.88 Å². The minimum atomic E-state index is -0.165. The summed E-state index contributed by atoms with van der Waals surface area (Å²) in [6, 6.07) is 0. The van der Waals surface area contributed by atoms with E-state index in [2.05, 4.69) is 4.98 Å². The number of rotatable bonds is 3. The van der Waals surface area contributed by atoms with Crippen LogP contribution in [0.2, 0.25) is 0 Å². The summed E-state index contributed by atoms with van der Waals surface area (Å²) in [5.41, 5.74) is 0.836. The summed E-state index contributed by atoms with van der Waals surface area (Å²) in [6.07, 6.45) is 1.73. The van der Waals surface area contributed by atoms with Crippen LogP contribution in [0.5, 0.6) is 0 Å². The summed E-state index contributed by atoms with van der Waals surface area (Å²) in [4.78, 5) is 29.6. The van der Waals surface area contributed by atoms with Crippen molar-refractivity contribution in [3.8, 4) is 0 Å². The SMILES string of the molecule is COC(=O)C1CCN(C(=O)Cc2csc(C)n2)CC1. The second kappa shape index (κ2) is 6.14. The van der Waals surface area contributed by atoms with Crippen LogP contribution >= 0.6 is 11.3 Å². The molecular weight excluding hydrogens is 264 g/mol. The van der Waals surface area contributed by atoms with Crippen LogP contribution in [-0.4, -0.2) is 42.0 Å². The number of likely N-dealkylation sites (tertiary alicyclic amines) is 1. The van der Waals surface area contributed by atoms with E-state index in [-0.39, 0.29) is 17.8 Å². The maximum absolute atomic E-state index is 12.1. The van der Waals surface area contributed by atoms with Gasteiger partial charge in [-0.3, -0.25) is 9.59 Å². The molecule has 104 valence electrons. The van der Waals surface area contributed by atoms with Crippen LogP contribution in [0.3, 0.4) is 0 Å². The summed E-state index contributed by atoms with van der Waals surface area (Å²) < 4.78 is 4.73. The average molecular weight is 282 g/mol. The van der Waals surface area contributed by atoms with E-state index in [1.807, 2.05) is 17.2 Å². The number of amides is 1. The molecule has 0 N–H and O–H groups in total. The third-order valence-electron chi connectivity index (χ3n) is 3.38. The van der Waals surface area contributed by atoms with Crippen LogP contribution < -0.4 is 0 Å². The van der Waals surface area contributed by atoms with E-state index >= 15 is 0 Å². The number of hydrogen-bond acceptors (Lipinski definition) is 5. The highest BCUT2D eigenvalue weighted by Gasteiger charge is 2.27. The van der Waals surface area contributed by atoms with E-state index in [1.165, 1.54) is 7.11 Å². The van der Waals surface area contributed by atoms with Crippen LogP contribution in [0.15, 0.2) is 5.38 Å². The van der Waals surface area contributed by atoms with Crippen molar-refractivity contribution >= 4 is 23.2 Å². The lowest BCUT2D eigenvalue weighted by Gasteiger charge is -2.30. The van der Waals surface area contributed by atoms with Gasteiger partial charge in [0, 0.05) is 18.5 Å². The van der Waals surface area contributed by atoms with Gasteiger partial charge in [0.25, 0.3) is 0 Å². The first-order chi connectivity index (χ1) is 9.10. The summed E-state index contributed by atoms with van der Waals surface area (Å²) in [7, 11) is 1.41. The van der Waals surface area contributed by atoms with Crippen molar-refractivity contribution in [1.29, 1.82) is 0 Å². The molecule has 1 saturated heterocycles. The second-order valence-corrected chi connectivity index (χ2v) is 5.78. The molecule has 1 amide bonds. The number of aromatic nitrogens is 1. The highest BCUT2D eigenvalue weighted by atomic mass is 32.1. The van der Waals surface area contributed by atoms with Gasteiger partial charge in [0.05, 0.1) is 30.2 Å². The molecule has 2 heterocycles. The van der Waals surface area contributed by atoms with Crippen LogP contribution in [0.4, 0.5) is 0 Å². The van der Waals surface area contributed by atoms with Crippen molar-refractivity contribution in [3.05, 3.63) is 16.1 Å². The molecule has 0 bridgehead atoms. The van der Waals surface area contributed by atoms with Crippen molar-refractivity contribution in [3.63, 3.8) is 0 Å². The molecule has 19 heavy (non-hydrogen) atoms. The van der Waals surface area contributed by atoms with Crippen molar-refractivity contribution < 1.29 is 14.3 Å². The Balaban J connectivity index is 1.84. The smallest absolute Gasteiger partial charge is 0.308 e. The fourth-order valence-corrected chi connectivity index (χ4v) is 2.90. The molecule has 1 aliphatic heterocycles. The largest absolute Gasteiger partial charge is 0.469 e. The molecule has 0 aliphatic carbocycles. The number of piperidine rings is 1. The molecule has 1 fully saturated rings. The van der Waals surface area contributed by atoms with Crippen LogP contribution in [-0.2, 0) is 20.7 Å². The molecule has 6 heteroatoms. The van der Waals surface area contributed by atoms with Crippen molar-refractivity contribution in [2.24, 2.45) is 5.92 Å². The Morgan fingerprint density at radius 3 is 2.68 bits per heavy atom. The maximum atomic E-state index is 12.1. The summed E-state index contributed by atoms with van der Waals surface area (Å²) in [6.45, 7) is 3.18. The maximum Gasteiger partial charge on any atom is 0.308 e. The van der Waals surface area contributed by atoms with Gasteiger partial charge in [0.1, 0.15) is 0 Å². The topological polar surface area (TPSA) is 59.5 Å². The standard InChI is InChI=1S/C13H18N2O3S/c1-9-14-11(8-19-9)7-12(16)15-5-3-10(4-6-15)13(17)18-2/h8,10H,3-7H2,1-2H3. The second-order valence-electron chi connectivity index (χ2n) is 4.71. The fourth-order valence-electron chi connectivity index (χ4n) is 2.29. The van der Waals surface area contributed by atoms with E-state index in [1.54, 1.807) is 11.3 Å². The predicted octanol–water partition coefficient (Wildman–Crippen LogP) is 1.41. The van der Waals surface area contributed by atoms with Crippen LogP contribution in [0.1, 0.15) is 23.5 Å². The summed E-state index contributed by atoms with van der Waals surface area (Å²) in [5, 5.41) is 2.90. The lowest BCUT2D eigenvalue weighted by molar-refractivity contribution is -0.148. The number of nitrogens with zero attached hydrogens (tertiary/aromatic N) is 2. The van der Waals surface area contributed by atoms with Crippen LogP contribution in [0, 0.1) is 12.8 Å². The Bertz CT molecular complexity index is 464. The zero-order valence-electron chi connectivity index (χ0n) is 11.2. The molecule has 0 unspecified atom stereocenters. The summed E-state index contributed by atoms with van der Waals surface area (Å²) in [5.74, 6) is -0.133. The quantitative estimate of drug-likeness (QED) is 0.786. The Morgan fingerprint density at radius 2 is 2.16 bits per heavy atom. The number of esters is 1. The molecule has 0 saturated carbocycles. The Labute approximate surface area is 116 Å². The third-order valence-corrected chi connectivity index (χ3v) is 4.20. The van der Waals surface area contributed by atoms with Crippen molar-refractivity contribution in [2.75, 3.05) is 20.2 Å². The highest BCUT2D eigenvalue weighted by Crippen LogP contribution is 2.19. The predicted molar refractivity (Wildman–Crippen MR) is 71.9 cm³/mol. The summed E-state index contributed by atoms with van der Waals surface area (Å²) >= 11 is 1.56. The lowest BCUT2D eigenvalue weighted by Crippen LogP contribution is -2.41. The minimum absolute atomic E-state index is 0.0597. The first-order valence-corrected chi connectivity index (χ1v) is 7.24. The molecule has 0 spiro atoms. The number of carbonyl (C=O) groups is 2. The zero-order valence-corrected chi connectivity index (χ0v) is 12.0. The third kappa shape index (κ3) is 3.53.